The van der Waals surface area contributed by atoms with E-state index in [1.165, 1.54) is 11.3 Å². The van der Waals surface area contributed by atoms with Crippen molar-refractivity contribution in [3.8, 4) is 0 Å². The van der Waals surface area contributed by atoms with Crippen LogP contribution in [0.3, 0.4) is 0 Å². The van der Waals surface area contributed by atoms with Crippen LogP contribution >= 0.6 is 11.3 Å². The molecule has 1 aliphatic heterocycles. The molecule has 1 N–H and O–H groups in total. The van der Waals surface area contributed by atoms with Crippen LogP contribution in [0.25, 0.3) is 0 Å². The highest BCUT2D eigenvalue weighted by molar-refractivity contribution is 7.12. The maximum atomic E-state index is 12.8. The lowest BCUT2D eigenvalue weighted by Gasteiger charge is -2.25. The largest absolute Gasteiger partial charge is 0.481 e. The minimum atomic E-state index is -0.999. The minimum Gasteiger partial charge on any atom is -0.481 e. The summed E-state index contributed by atoms with van der Waals surface area (Å²) in [6.07, 6.45) is 1.26. The molecule has 0 aliphatic carbocycles. The Labute approximate surface area is 139 Å². The standard InChI is InChI=1S/C18H19NO3S/c1-2-13-8-11-23-15(13)16(20)19-10-9-18(12-19,17(21)22)14-6-4-3-5-7-14/h3-8,11H,2,9-10,12H2,1H3,(H,21,22). The highest BCUT2D eigenvalue weighted by Crippen LogP contribution is 2.36. The molecule has 0 spiro atoms. The molecule has 0 bridgehead atoms. The predicted octanol–water partition coefficient (Wildman–Crippen LogP) is 3.18. The SMILES string of the molecule is CCc1ccsc1C(=O)N1CCC(C(=O)O)(c2ccccc2)C1. The zero-order valence-corrected chi connectivity index (χ0v) is 13.8. The topological polar surface area (TPSA) is 57.6 Å². The van der Waals surface area contributed by atoms with Crippen LogP contribution in [0.2, 0.25) is 0 Å². The summed E-state index contributed by atoms with van der Waals surface area (Å²) < 4.78 is 0. The number of benzene rings is 1. The monoisotopic (exact) mass is 329 g/mol. The van der Waals surface area contributed by atoms with Crippen molar-refractivity contribution >= 4 is 23.2 Å². The summed E-state index contributed by atoms with van der Waals surface area (Å²) in [6.45, 7) is 2.72. The fourth-order valence-electron chi connectivity index (χ4n) is 3.22. The van der Waals surface area contributed by atoms with Gasteiger partial charge in [0.25, 0.3) is 5.91 Å². The van der Waals surface area contributed by atoms with Crippen LogP contribution in [0.4, 0.5) is 0 Å². The molecule has 2 heterocycles. The second kappa shape index (κ2) is 6.16. The number of carbonyl (C=O) groups is 2. The van der Waals surface area contributed by atoms with Crippen molar-refractivity contribution in [1.29, 1.82) is 0 Å². The van der Waals surface area contributed by atoms with Crippen LogP contribution in [0.15, 0.2) is 41.8 Å². The van der Waals surface area contributed by atoms with Gasteiger partial charge in [0.15, 0.2) is 0 Å². The second-order valence-corrected chi connectivity index (χ2v) is 6.77. The molecule has 1 amide bonds. The first-order valence-corrected chi connectivity index (χ1v) is 8.61. The highest BCUT2D eigenvalue weighted by Gasteiger charge is 2.47. The number of carboxylic acid groups (broad SMARTS) is 1. The van der Waals surface area contributed by atoms with E-state index in [0.717, 1.165) is 22.4 Å². The minimum absolute atomic E-state index is 0.0455. The molecule has 1 unspecified atom stereocenters. The van der Waals surface area contributed by atoms with Gasteiger partial charge in [-0.05, 0) is 35.4 Å². The van der Waals surface area contributed by atoms with Crippen LogP contribution in [-0.4, -0.2) is 35.0 Å². The number of aryl methyl sites for hydroxylation is 1. The Morgan fingerprint density at radius 1 is 1.26 bits per heavy atom. The van der Waals surface area contributed by atoms with E-state index in [9.17, 15) is 14.7 Å². The first kappa shape index (κ1) is 15.7. The molecular formula is C18H19NO3S. The zero-order chi connectivity index (χ0) is 16.4. The third kappa shape index (κ3) is 2.65. The quantitative estimate of drug-likeness (QED) is 0.937. The molecule has 4 nitrogen and oxygen atoms in total. The van der Waals surface area contributed by atoms with Crippen LogP contribution in [0.5, 0.6) is 0 Å². The van der Waals surface area contributed by atoms with Gasteiger partial charge in [-0.15, -0.1) is 11.3 Å². The maximum Gasteiger partial charge on any atom is 0.316 e. The number of hydrogen-bond acceptors (Lipinski definition) is 3. The predicted molar refractivity (Wildman–Crippen MR) is 90.0 cm³/mol. The molecule has 1 saturated heterocycles. The van der Waals surface area contributed by atoms with Gasteiger partial charge in [-0.25, -0.2) is 0 Å². The fourth-order valence-corrected chi connectivity index (χ4v) is 4.18. The molecule has 0 saturated carbocycles. The molecule has 120 valence electrons. The van der Waals surface area contributed by atoms with Gasteiger partial charge in [-0.1, -0.05) is 37.3 Å². The zero-order valence-electron chi connectivity index (χ0n) is 13.0. The molecule has 1 aromatic carbocycles. The number of carboxylic acids is 1. The lowest BCUT2D eigenvalue weighted by molar-refractivity contribution is -0.143. The number of carbonyl (C=O) groups excluding carboxylic acids is 1. The van der Waals surface area contributed by atoms with Crippen LogP contribution in [-0.2, 0) is 16.6 Å². The first-order chi connectivity index (χ1) is 11.1. The molecule has 3 rings (SSSR count). The van der Waals surface area contributed by atoms with Gasteiger partial charge in [0.1, 0.15) is 5.41 Å². The Morgan fingerprint density at radius 3 is 2.65 bits per heavy atom. The lowest BCUT2D eigenvalue weighted by atomic mass is 9.80. The number of rotatable bonds is 4. The van der Waals surface area contributed by atoms with Crippen molar-refractivity contribution in [1.82, 2.24) is 4.90 Å². The number of nitrogens with zero attached hydrogens (tertiary/aromatic N) is 1. The number of aliphatic carboxylic acids is 1. The van der Waals surface area contributed by atoms with Crippen molar-refractivity contribution < 1.29 is 14.7 Å². The van der Waals surface area contributed by atoms with Crippen molar-refractivity contribution in [2.24, 2.45) is 0 Å². The van der Waals surface area contributed by atoms with E-state index in [0.29, 0.717) is 13.0 Å². The summed E-state index contributed by atoms with van der Waals surface area (Å²) in [6, 6.07) is 11.2. The Morgan fingerprint density at radius 2 is 2.00 bits per heavy atom. The maximum absolute atomic E-state index is 12.8. The molecule has 1 atom stereocenters. The Balaban J connectivity index is 1.89. The van der Waals surface area contributed by atoms with E-state index in [1.54, 1.807) is 4.90 Å². The van der Waals surface area contributed by atoms with Gasteiger partial charge in [-0.2, -0.15) is 0 Å². The second-order valence-electron chi connectivity index (χ2n) is 5.86. The summed E-state index contributed by atoms with van der Waals surface area (Å²) >= 11 is 1.43. The van der Waals surface area contributed by atoms with Crippen LogP contribution in [0.1, 0.15) is 34.1 Å². The van der Waals surface area contributed by atoms with Gasteiger partial charge in [-0.3, -0.25) is 9.59 Å². The van der Waals surface area contributed by atoms with Crippen LogP contribution < -0.4 is 0 Å². The number of hydrogen-bond donors (Lipinski definition) is 1. The molecule has 0 radical (unpaired) electrons. The third-order valence-electron chi connectivity index (χ3n) is 4.61. The Hall–Kier alpha value is -2.14. The smallest absolute Gasteiger partial charge is 0.316 e. The lowest BCUT2D eigenvalue weighted by Crippen LogP contribution is -2.40. The van der Waals surface area contributed by atoms with Crippen LogP contribution in [0, 0.1) is 0 Å². The van der Waals surface area contributed by atoms with Gasteiger partial charge in [0, 0.05) is 13.1 Å². The average Bonchev–Trinajstić information content (AvgIpc) is 3.22. The summed E-state index contributed by atoms with van der Waals surface area (Å²) in [7, 11) is 0. The molecule has 23 heavy (non-hydrogen) atoms. The summed E-state index contributed by atoms with van der Waals surface area (Å²) in [5.41, 5.74) is 0.804. The van der Waals surface area contributed by atoms with Gasteiger partial charge in [0.2, 0.25) is 0 Å². The number of thiophene rings is 1. The molecule has 5 heteroatoms. The van der Waals surface area contributed by atoms with E-state index in [2.05, 4.69) is 0 Å². The number of amides is 1. The van der Waals surface area contributed by atoms with E-state index in [-0.39, 0.29) is 12.5 Å². The highest BCUT2D eigenvalue weighted by atomic mass is 32.1. The fraction of sp³-hybridized carbons (Fsp3) is 0.333. The molecule has 1 aliphatic rings. The van der Waals surface area contributed by atoms with Gasteiger partial charge < -0.3 is 10.0 Å². The Kier molecular flexibility index (Phi) is 4.22. The van der Waals surface area contributed by atoms with Crippen molar-refractivity contribution in [3.05, 3.63) is 57.8 Å². The molecule has 1 aromatic heterocycles. The first-order valence-electron chi connectivity index (χ1n) is 7.73. The van der Waals surface area contributed by atoms with Crippen molar-refractivity contribution in [2.75, 3.05) is 13.1 Å². The van der Waals surface area contributed by atoms with E-state index < -0.39 is 11.4 Å². The van der Waals surface area contributed by atoms with E-state index in [4.69, 9.17) is 0 Å². The third-order valence-corrected chi connectivity index (χ3v) is 5.56. The average molecular weight is 329 g/mol. The van der Waals surface area contributed by atoms with Crippen molar-refractivity contribution in [3.63, 3.8) is 0 Å². The summed E-state index contributed by atoms with van der Waals surface area (Å²) in [5, 5.41) is 11.7. The van der Waals surface area contributed by atoms with E-state index >= 15 is 0 Å². The van der Waals surface area contributed by atoms with Gasteiger partial charge in [0.05, 0.1) is 4.88 Å². The van der Waals surface area contributed by atoms with Gasteiger partial charge >= 0.3 is 5.97 Å². The molecule has 2 aromatic rings. The Bertz CT molecular complexity index is 725. The number of likely N-dealkylation sites (tertiary alicyclic amines) is 1. The van der Waals surface area contributed by atoms with E-state index in [1.807, 2.05) is 48.7 Å². The summed E-state index contributed by atoms with van der Waals surface area (Å²) in [5.74, 6) is -0.906. The normalized spacial score (nSPS) is 20.7. The van der Waals surface area contributed by atoms with Crippen molar-refractivity contribution in [2.45, 2.75) is 25.2 Å². The summed E-state index contributed by atoms with van der Waals surface area (Å²) in [4.78, 5) is 27.2. The molecule has 1 fully saturated rings. The molecular weight excluding hydrogens is 310 g/mol.